The molecule has 212 valence electrons. The molecule has 2 aromatic rings. The molecular formula is C27H34ClN3O6S2. The summed E-state index contributed by atoms with van der Waals surface area (Å²) in [4.78, 5) is 26.8. The van der Waals surface area contributed by atoms with Crippen molar-refractivity contribution >= 4 is 48.4 Å². The number of nitrogens with zero attached hydrogens (tertiary/aromatic N) is 1. The van der Waals surface area contributed by atoms with Gasteiger partial charge in [-0.05, 0) is 71.7 Å². The summed E-state index contributed by atoms with van der Waals surface area (Å²) in [5, 5.41) is -0.657. The quantitative estimate of drug-likeness (QED) is 0.198. The molecule has 2 aromatic carbocycles. The molecule has 2 rings (SSSR count). The van der Waals surface area contributed by atoms with Crippen molar-refractivity contribution in [3.8, 4) is 0 Å². The summed E-state index contributed by atoms with van der Waals surface area (Å²) >= 11 is 5.44. The van der Waals surface area contributed by atoms with Gasteiger partial charge in [0.15, 0.2) is 25.6 Å². The van der Waals surface area contributed by atoms with Crippen LogP contribution in [0.15, 0.2) is 64.4 Å². The predicted octanol–water partition coefficient (Wildman–Crippen LogP) is 4.17. The Morgan fingerprint density at radius 2 is 1.18 bits per heavy atom. The Balaban J connectivity index is 0.000000395. The Bertz CT molecular complexity index is 1560. The van der Waals surface area contributed by atoms with E-state index in [1.54, 1.807) is 38.1 Å². The average molecular weight is 596 g/mol. The molecule has 2 unspecified atom stereocenters. The van der Waals surface area contributed by atoms with E-state index in [0.717, 1.165) is 12.5 Å². The van der Waals surface area contributed by atoms with Crippen molar-refractivity contribution in [1.29, 1.82) is 0 Å². The summed E-state index contributed by atoms with van der Waals surface area (Å²) in [6.07, 6.45) is 5.50. The zero-order valence-electron chi connectivity index (χ0n) is 22.8. The zero-order valence-corrected chi connectivity index (χ0v) is 25.2. The van der Waals surface area contributed by atoms with Gasteiger partial charge in [-0.1, -0.05) is 38.1 Å². The van der Waals surface area contributed by atoms with Gasteiger partial charge < -0.3 is 11.5 Å². The number of halogens is 1. The average Bonchev–Trinajstić information content (AvgIpc) is 2.80. The number of aliphatic imine (C=N–C) groups is 1. The number of aryl methyl sites for hydroxylation is 2. The minimum absolute atomic E-state index is 0.0784. The van der Waals surface area contributed by atoms with Crippen molar-refractivity contribution in [2.24, 2.45) is 16.5 Å². The normalized spacial score (nSPS) is 12.8. The standard InChI is InChI=1S/C14H19N3O3S.C13H15ClO3S/c1-5-8(2)10-6-9(3)11(13(18)17-14(15)16)7-12(10)21(4,19)20;1-5-8(2)10-6-9(3)11(13(14)15)7-12(10)18(4,16)17/h5-8H,1H2,2-4H3,(H4,15,16,17,18);5-8H,1H2,2-4H3. The van der Waals surface area contributed by atoms with E-state index in [1.165, 1.54) is 12.1 Å². The lowest BCUT2D eigenvalue weighted by atomic mass is 9.96. The molecule has 2 atom stereocenters. The van der Waals surface area contributed by atoms with E-state index in [2.05, 4.69) is 18.2 Å². The number of amides is 1. The third-order valence-electron chi connectivity index (χ3n) is 5.87. The second-order valence-corrected chi connectivity index (χ2v) is 13.4. The Hall–Kier alpha value is -3.28. The van der Waals surface area contributed by atoms with E-state index in [4.69, 9.17) is 23.1 Å². The van der Waals surface area contributed by atoms with Crippen LogP contribution in [0.3, 0.4) is 0 Å². The number of guanidine groups is 1. The van der Waals surface area contributed by atoms with Crippen LogP contribution in [0.25, 0.3) is 0 Å². The van der Waals surface area contributed by atoms with Crippen LogP contribution in [0.5, 0.6) is 0 Å². The number of hydrogen-bond donors (Lipinski definition) is 2. The van der Waals surface area contributed by atoms with Gasteiger partial charge in [0, 0.05) is 23.6 Å². The third-order valence-corrected chi connectivity index (χ3v) is 8.38. The maximum Gasteiger partial charge on any atom is 0.280 e. The fraction of sp³-hybridized carbons (Fsp3) is 0.296. The highest BCUT2D eigenvalue weighted by Gasteiger charge is 2.22. The number of allylic oxidation sites excluding steroid dienone is 2. The number of carbonyl (C=O) groups is 2. The molecule has 12 heteroatoms. The predicted molar refractivity (Wildman–Crippen MR) is 156 cm³/mol. The molecule has 39 heavy (non-hydrogen) atoms. The molecule has 0 fully saturated rings. The molecule has 0 saturated carbocycles. The molecule has 0 aliphatic heterocycles. The van der Waals surface area contributed by atoms with Gasteiger partial charge in [-0.25, -0.2) is 16.8 Å². The van der Waals surface area contributed by atoms with Crippen LogP contribution in [-0.4, -0.2) is 46.5 Å². The molecule has 0 aliphatic rings. The summed E-state index contributed by atoms with van der Waals surface area (Å²) in [5.74, 6) is -1.33. The smallest absolute Gasteiger partial charge is 0.280 e. The minimum atomic E-state index is -3.50. The van der Waals surface area contributed by atoms with Gasteiger partial charge in [0.2, 0.25) is 0 Å². The largest absolute Gasteiger partial charge is 0.370 e. The summed E-state index contributed by atoms with van der Waals surface area (Å²) in [6.45, 7) is 14.4. The van der Waals surface area contributed by atoms with Gasteiger partial charge >= 0.3 is 0 Å². The molecule has 0 aliphatic carbocycles. The molecule has 0 spiro atoms. The van der Waals surface area contributed by atoms with Crippen LogP contribution in [0, 0.1) is 13.8 Å². The first kappa shape index (κ1) is 33.7. The van der Waals surface area contributed by atoms with Gasteiger partial charge in [0.25, 0.3) is 11.1 Å². The number of benzene rings is 2. The van der Waals surface area contributed by atoms with Crippen molar-refractivity contribution < 1.29 is 26.4 Å². The van der Waals surface area contributed by atoms with Gasteiger partial charge in [0.05, 0.1) is 9.79 Å². The summed E-state index contributed by atoms with van der Waals surface area (Å²) < 4.78 is 47.4. The SMILES string of the molecule is C=CC(C)c1cc(C)c(C(=O)Cl)cc1S(C)(=O)=O.C=CC(C)c1cc(C)c(C(=O)N=C(N)N)cc1S(C)(=O)=O. The Morgan fingerprint density at radius 1 is 0.821 bits per heavy atom. The topological polar surface area (TPSA) is 167 Å². The minimum Gasteiger partial charge on any atom is -0.370 e. The van der Waals surface area contributed by atoms with Crippen molar-refractivity contribution in [3.63, 3.8) is 0 Å². The molecule has 1 amide bonds. The lowest BCUT2D eigenvalue weighted by Gasteiger charge is -2.15. The molecule has 0 aromatic heterocycles. The highest BCUT2D eigenvalue weighted by Crippen LogP contribution is 2.30. The van der Waals surface area contributed by atoms with Gasteiger partial charge in [-0.2, -0.15) is 4.99 Å². The second-order valence-electron chi connectivity index (χ2n) is 9.12. The van der Waals surface area contributed by atoms with Gasteiger partial charge in [0.1, 0.15) is 0 Å². The molecule has 0 radical (unpaired) electrons. The van der Waals surface area contributed by atoms with E-state index in [9.17, 15) is 26.4 Å². The monoisotopic (exact) mass is 595 g/mol. The van der Waals surface area contributed by atoms with E-state index in [1.807, 2.05) is 13.8 Å². The highest BCUT2D eigenvalue weighted by molar-refractivity contribution is 7.91. The van der Waals surface area contributed by atoms with E-state index in [-0.39, 0.29) is 38.7 Å². The number of carbonyl (C=O) groups excluding carboxylic acids is 2. The van der Waals surface area contributed by atoms with Crippen LogP contribution in [0.4, 0.5) is 0 Å². The molecule has 0 bridgehead atoms. The van der Waals surface area contributed by atoms with E-state index in [0.29, 0.717) is 22.3 Å². The summed E-state index contributed by atoms with van der Waals surface area (Å²) in [7, 11) is -6.92. The molecule has 9 nitrogen and oxygen atoms in total. The third kappa shape index (κ3) is 8.87. The first-order valence-electron chi connectivity index (χ1n) is 11.5. The Morgan fingerprint density at radius 3 is 1.49 bits per heavy atom. The van der Waals surface area contributed by atoms with Gasteiger partial charge in [-0.3, -0.25) is 9.59 Å². The summed E-state index contributed by atoms with van der Waals surface area (Å²) in [5.41, 5.74) is 13.2. The van der Waals surface area contributed by atoms with Crippen LogP contribution in [0.1, 0.15) is 68.7 Å². The number of nitrogens with two attached hydrogens (primary N) is 2. The zero-order chi connectivity index (χ0) is 30.5. The van der Waals surface area contributed by atoms with Crippen LogP contribution < -0.4 is 11.5 Å². The Labute approximate surface area is 235 Å². The van der Waals surface area contributed by atoms with Crippen LogP contribution in [0.2, 0.25) is 0 Å². The first-order chi connectivity index (χ1) is 17.8. The second kappa shape index (κ2) is 13.2. The molecular weight excluding hydrogens is 562 g/mol. The fourth-order valence-corrected chi connectivity index (χ4v) is 5.86. The highest BCUT2D eigenvalue weighted by atomic mass is 35.5. The Kier molecular flexibility index (Phi) is 11.4. The van der Waals surface area contributed by atoms with Crippen molar-refractivity contribution in [2.75, 3.05) is 12.5 Å². The van der Waals surface area contributed by atoms with Crippen LogP contribution in [-0.2, 0) is 19.7 Å². The fourth-order valence-electron chi connectivity index (χ4n) is 3.65. The van der Waals surface area contributed by atoms with Crippen molar-refractivity contribution in [1.82, 2.24) is 0 Å². The maximum atomic E-state index is 12.0. The molecule has 4 N–H and O–H groups in total. The lowest BCUT2D eigenvalue weighted by Crippen LogP contribution is -2.24. The van der Waals surface area contributed by atoms with Crippen molar-refractivity contribution in [2.45, 2.75) is 49.3 Å². The number of sulfone groups is 2. The van der Waals surface area contributed by atoms with E-state index < -0.39 is 30.8 Å². The van der Waals surface area contributed by atoms with E-state index >= 15 is 0 Å². The molecule has 0 heterocycles. The molecule has 0 saturated heterocycles. The summed E-state index contributed by atoms with van der Waals surface area (Å²) in [6, 6.07) is 5.99. The maximum absolute atomic E-state index is 12.0. The lowest BCUT2D eigenvalue weighted by molar-refractivity contribution is 0.100. The first-order valence-corrected chi connectivity index (χ1v) is 15.7. The number of rotatable bonds is 8. The van der Waals surface area contributed by atoms with Gasteiger partial charge in [-0.15, -0.1) is 13.2 Å². The van der Waals surface area contributed by atoms with Crippen LogP contribution >= 0.6 is 11.6 Å². The number of hydrogen-bond acceptors (Lipinski definition) is 6. The van der Waals surface area contributed by atoms with Crippen molar-refractivity contribution in [3.05, 3.63) is 83.0 Å².